The van der Waals surface area contributed by atoms with Crippen LogP contribution in [-0.4, -0.2) is 0 Å². The maximum atomic E-state index is 3.66. The Balaban J connectivity index is -0.000000157. The molecule has 0 aromatic rings. The lowest BCUT2D eigenvalue weighted by Gasteiger charge is -1.91. The van der Waals surface area contributed by atoms with Gasteiger partial charge in [0.1, 0.15) is 0 Å². The highest BCUT2D eigenvalue weighted by Gasteiger charge is 1.83. The van der Waals surface area contributed by atoms with Crippen LogP contribution in [0.1, 0.15) is 150 Å². The smallest absolute Gasteiger partial charge is 0.0353 e. The summed E-state index contributed by atoms with van der Waals surface area (Å²) in [7, 11) is 0. The van der Waals surface area contributed by atoms with E-state index in [9.17, 15) is 0 Å². The Kier molecular flexibility index (Phi) is 56.5. The van der Waals surface area contributed by atoms with E-state index in [0.29, 0.717) is 0 Å². The third-order valence-electron chi connectivity index (χ3n) is 4.80. The van der Waals surface area contributed by atoms with Gasteiger partial charge in [0.25, 0.3) is 0 Å². The fourth-order valence-electron chi connectivity index (χ4n) is 2.69. The van der Waals surface area contributed by atoms with Crippen molar-refractivity contribution < 1.29 is 0 Å². The molecule has 0 rings (SSSR count). The number of hydrogen-bond donors (Lipinski definition) is 0. The largest absolute Gasteiger partial charge is 0.103 e. The molecule has 0 amide bonds. The molecule has 0 heterocycles. The normalized spacial score (nSPS) is 9.03. The topological polar surface area (TPSA) is 0 Å². The molecule has 0 spiro atoms. The van der Waals surface area contributed by atoms with E-state index >= 15 is 0 Å². The minimum Gasteiger partial charge on any atom is -0.103 e. The number of unbranched alkanes of at least 4 members (excludes halogenated alkanes) is 15. The summed E-state index contributed by atoms with van der Waals surface area (Å²) in [6.07, 6.45) is 33.0. The van der Waals surface area contributed by atoms with Gasteiger partial charge in [-0.05, 0) is 51.4 Å². The SMILES string of the molecule is C=CCCCCC.C=CCCCCCC.C=CCCCCCC.C=CCCCCCC. The average molecular weight is 435 g/mol. The molecule has 0 unspecified atom stereocenters. The van der Waals surface area contributed by atoms with Gasteiger partial charge >= 0.3 is 0 Å². The average Bonchev–Trinajstić information content (AvgIpc) is 2.79. The molecule has 0 saturated heterocycles. The van der Waals surface area contributed by atoms with Crippen LogP contribution < -0.4 is 0 Å². The molecule has 0 radical (unpaired) electrons. The summed E-state index contributed by atoms with van der Waals surface area (Å²) in [6, 6.07) is 0. The first-order chi connectivity index (χ1) is 15.2. The number of hydrogen-bond acceptors (Lipinski definition) is 0. The zero-order chi connectivity index (χ0) is 24.3. The molecule has 186 valence electrons. The first kappa shape index (κ1) is 37.3. The van der Waals surface area contributed by atoms with Crippen molar-refractivity contribution in [3.8, 4) is 0 Å². The molecule has 0 nitrogen and oxygen atoms in total. The molecule has 0 aliphatic heterocycles. The van der Waals surface area contributed by atoms with E-state index in [4.69, 9.17) is 0 Å². The molecule has 0 bridgehead atoms. The fourth-order valence-corrected chi connectivity index (χ4v) is 2.69. The Morgan fingerprint density at radius 1 is 0.323 bits per heavy atom. The van der Waals surface area contributed by atoms with Gasteiger partial charge in [0, 0.05) is 0 Å². The molecule has 0 atom stereocenters. The van der Waals surface area contributed by atoms with Crippen molar-refractivity contribution in [1.29, 1.82) is 0 Å². The van der Waals surface area contributed by atoms with Crippen molar-refractivity contribution in [2.24, 2.45) is 0 Å². The molecule has 31 heavy (non-hydrogen) atoms. The third-order valence-corrected chi connectivity index (χ3v) is 4.80. The molecule has 0 N–H and O–H groups in total. The van der Waals surface area contributed by atoms with Crippen molar-refractivity contribution in [2.45, 2.75) is 150 Å². The van der Waals surface area contributed by atoms with Crippen molar-refractivity contribution in [3.05, 3.63) is 50.6 Å². The van der Waals surface area contributed by atoms with E-state index < -0.39 is 0 Å². The van der Waals surface area contributed by atoms with E-state index in [1.54, 1.807) is 0 Å². The molecule has 0 aliphatic carbocycles. The molecular formula is C31H62. The van der Waals surface area contributed by atoms with E-state index in [-0.39, 0.29) is 0 Å². The van der Waals surface area contributed by atoms with Gasteiger partial charge in [0.05, 0.1) is 0 Å². The zero-order valence-corrected chi connectivity index (χ0v) is 22.6. The van der Waals surface area contributed by atoms with Crippen LogP contribution in [0.2, 0.25) is 0 Å². The van der Waals surface area contributed by atoms with Crippen molar-refractivity contribution >= 4 is 0 Å². The Morgan fingerprint density at radius 3 is 0.710 bits per heavy atom. The van der Waals surface area contributed by atoms with Crippen LogP contribution in [0.4, 0.5) is 0 Å². The molecule has 0 aromatic carbocycles. The van der Waals surface area contributed by atoms with E-state index in [0.717, 1.165) is 0 Å². The van der Waals surface area contributed by atoms with Gasteiger partial charge in [-0.25, -0.2) is 0 Å². The summed E-state index contributed by atoms with van der Waals surface area (Å²) >= 11 is 0. The van der Waals surface area contributed by atoms with Gasteiger partial charge < -0.3 is 0 Å². The molecule has 0 fully saturated rings. The lowest BCUT2D eigenvalue weighted by molar-refractivity contribution is 0.675. The zero-order valence-electron chi connectivity index (χ0n) is 22.6. The van der Waals surface area contributed by atoms with Crippen LogP contribution in [0.25, 0.3) is 0 Å². The standard InChI is InChI=1S/3C8H16.C7H14/c3*1-3-5-7-8-6-4-2;1-3-5-7-6-4-2/h3*3H,1,4-8H2,2H3;3H,1,4-7H2,2H3. The second-order valence-electron chi connectivity index (χ2n) is 8.20. The molecule has 0 aliphatic rings. The van der Waals surface area contributed by atoms with Crippen LogP contribution >= 0.6 is 0 Å². The second kappa shape index (κ2) is 46.9. The maximum Gasteiger partial charge on any atom is -0.0353 e. The van der Waals surface area contributed by atoms with Crippen molar-refractivity contribution in [2.75, 3.05) is 0 Å². The van der Waals surface area contributed by atoms with Crippen LogP contribution in [-0.2, 0) is 0 Å². The van der Waals surface area contributed by atoms with Gasteiger partial charge in [0.15, 0.2) is 0 Å². The monoisotopic (exact) mass is 434 g/mol. The molecular weight excluding hydrogens is 372 g/mol. The summed E-state index contributed by atoms with van der Waals surface area (Å²) < 4.78 is 0. The predicted molar refractivity (Wildman–Crippen MR) is 151 cm³/mol. The van der Waals surface area contributed by atoms with Crippen LogP contribution in [0.5, 0.6) is 0 Å². The molecule has 0 aromatic heterocycles. The van der Waals surface area contributed by atoms with Crippen molar-refractivity contribution in [1.82, 2.24) is 0 Å². The van der Waals surface area contributed by atoms with Crippen LogP contribution in [0.3, 0.4) is 0 Å². The maximum absolute atomic E-state index is 3.66. The van der Waals surface area contributed by atoms with Gasteiger partial charge in [-0.15, -0.1) is 26.3 Å². The second-order valence-corrected chi connectivity index (χ2v) is 8.20. The quantitative estimate of drug-likeness (QED) is 0.140. The summed E-state index contributed by atoms with van der Waals surface area (Å²) in [5.74, 6) is 0. The lowest BCUT2D eigenvalue weighted by Crippen LogP contribution is -1.71. The molecule has 0 saturated carbocycles. The van der Waals surface area contributed by atoms with E-state index in [2.05, 4.69) is 54.0 Å². The first-order valence-electron chi connectivity index (χ1n) is 13.6. The van der Waals surface area contributed by atoms with E-state index in [1.807, 2.05) is 24.3 Å². The highest BCUT2D eigenvalue weighted by molar-refractivity contribution is 4.66. The van der Waals surface area contributed by atoms with Crippen LogP contribution in [0, 0.1) is 0 Å². The Labute approximate surface area is 200 Å². The summed E-state index contributed by atoms with van der Waals surface area (Å²) in [4.78, 5) is 0. The fraction of sp³-hybridized carbons (Fsp3) is 0.742. The lowest BCUT2D eigenvalue weighted by atomic mass is 10.2. The minimum absolute atomic E-state index is 1.19. The van der Waals surface area contributed by atoms with Gasteiger partial charge in [-0.1, -0.05) is 123 Å². The Hall–Kier alpha value is -1.04. The summed E-state index contributed by atoms with van der Waals surface area (Å²) in [5.41, 5.74) is 0. The Bertz CT molecular complexity index is 261. The Morgan fingerprint density at radius 2 is 0.516 bits per heavy atom. The number of rotatable bonds is 19. The number of allylic oxidation sites excluding steroid dienone is 4. The summed E-state index contributed by atoms with van der Waals surface area (Å²) in [6.45, 7) is 23.5. The van der Waals surface area contributed by atoms with Crippen molar-refractivity contribution in [3.63, 3.8) is 0 Å². The van der Waals surface area contributed by atoms with Crippen LogP contribution in [0.15, 0.2) is 50.6 Å². The summed E-state index contributed by atoms with van der Waals surface area (Å²) in [5, 5.41) is 0. The van der Waals surface area contributed by atoms with Gasteiger partial charge in [-0.2, -0.15) is 0 Å². The molecule has 0 heteroatoms. The minimum atomic E-state index is 1.19. The third kappa shape index (κ3) is 65.3. The van der Waals surface area contributed by atoms with E-state index in [1.165, 1.54) is 122 Å². The highest BCUT2D eigenvalue weighted by Crippen LogP contribution is 2.02. The highest BCUT2D eigenvalue weighted by atomic mass is 13.9. The first-order valence-corrected chi connectivity index (χ1v) is 13.6. The predicted octanol–water partition coefficient (Wildman–Crippen LogP) is 12.2. The van der Waals surface area contributed by atoms with Gasteiger partial charge in [0.2, 0.25) is 0 Å². The van der Waals surface area contributed by atoms with Gasteiger partial charge in [-0.3, -0.25) is 0 Å².